The summed E-state index contributed by atoms with van der Waals surface area (Å²) in [6.07, 6.45) is 5.12. The maximum atomic E-state index is 14.7. The molecular formula is C23H20F4N4O2. The number of hydrogen-bond acceptors (Lipinski definition) is 6. The monoisotopic (exact) mass is 460 g/mol. The van der Waals surface area contributed by atoms with E-state index in [1.165, 1.54) is 24.4 Å². The van der Waals surface area contributed by atoms with Gasteiger partial charge in [0.15, 0.2) is 11.9 Å². The summed E-state index contributed by atoms with van der Waals surface area (Å²) in [5.74, 6) is -2.55. The van der Waals surface area contributed by atoms with Gasteiger partial charge in [-0.2, -0.15) is 0 Å². The summed E-state index contributed by atoms with van der Waals surface area (Å²) in [7, 11) is 3.04. The molecule has 0 aliphatic carbocycles. The van der Waals surface area contributed by atoms with Crippen LogP contribution in [0, 0.1) is 24.0 Å². The lowest BCUT2D eigenvalue weighted by atomic mass is 10.0. The van der Waals surface area contributed by atoms with Crippen LogP contribution >= 0.6 is 0 Å². The molecule has 6 nitrogen and oxygen atoms in total. The molecular weight excluding hydrogens is 440 g/mol. The first-order valence-corrected chi connectivity index (χ1v) is 10.0. The molecule has 1 N–H and O–H groups in total. The van der Waals surface area contributed by atoms with E-state index >= 15 is 0 Å². The Labute approximate surface area is 187 Å². The lowest BCUT2D eigenvalue weighted by Crippen LogP contribution is -2.52. The number of nitrogens with zero attached hydrogens (tertiary/aromatic N) is 3. The average Bonchev–Trinajstić information content (AvgIpc) is 2.77. The summed E-state index contributed by atoms with van der Waals surface area (Å²) in [4.78, 5) is 9.83. The van der Waals surface area contributed by atoms with E-state index in [4.69, 9.17) is 15.9 Å². The zero-order valence-corrected chi connectivity index (χ0v) is 17.8. The first kappa shape index (κ1) is 22.6. The van der Waals surface area contributed by atoms with Crippen molar-refractivity contribution in [2.75, 3.05) is 32.6 Å². The lowest BCUT2D eigenvalue weighted by molar-refractivity contribution is -0.134. The number of anilines is 2. The van der Waals surface area contributed by atoms with Crippen LogP contribution in [0.5, 0.6) is 11.5 Å². The number of alkyl halides is 2. The van der Waals surface area contributed by atoms with Crippen LogP contribution in [0.2, 0.25) is 0 Å². The number of ether oxygens (including phenoxy) is 2. The van der Waals surface area contributed by atoms with Crippen LogP contribution in [-0.4, -0.2) is 54.1 Å². The van der Waals surface area contributed by atoms with E-state index in [1.807, 2.05) is 5.92 Å². The molecule has 33 heavy (non-hydrogen) atoms. The highest BCUT2D eigenvalue weighted by atomic mass is 19.3. The number of hydrogen-bond donors (Lipinski definition) is 1. The van der Waals surface area contributed by atoms with Crippen LogP contribution in [0.4, 0.5) is 29.1 Å². The molecule has 0 spiro atoms. The third-order valence-electron chi connectivity index (χ3n) is 5.39. The van der Waals surface area contributed by atoms with Crippen LogP contribution in [0.15, 0.2) is 30.6 Å². The van der Waals surface area contributed by atoms with E-state index < -0.39 is 35.8 Å². The minimum atomic E-state index is -3.10. The van der Waals surface area contributed by atoms with Crippen molar-refractivity contribution < 1.29 is 27.0 Å². The van der Waals surface area contributed by atoms with Gasteiger partial charge in [-0.05, 0) is 19.2 Å². The summed E-state index contributed by atoms with van der Waals surface area (Å²) in [6.45, 7) is -0.0176. The molecule has 10 heteroatoms. The molecule has 172 valence electrons. The Morgan fingerprint density at radius 1 is 1.24 bits per heavy atom. The average molecular weight is 460 g/mol. The number of terminal acetylenes is 1. The standard InChI is InChI=1S/C23H20F4N4O2/c1-4-14-15(24)5-6-16(21(14)25)30-22-20-17(28-12-29-22)9-13(32-3)10-18(20)33-19-7-8-31(2)11-23(19,26)27/h1,5-6,9-10,12,19H,7-8,11H2,2-3H3,(H,28,29,30)/t19-/m1/s1. The molecule has 1 aliphatic heterocycles. The second-order valence-corrected chi connectivity index (χ2v) is 7.69. The van der Waals surface area contributed by atoms with E-state index in [9.17, 15) is 17.6 Å². The van der Waals surface area contributed by atoms with Crippen LogP contribution < -0.4 is 14.8 Å². The van der Waals surface area contributed by atoms with Crippen molar-refractivity contribution in [1.29, 1.82) is 0 Å². The predicted octanol–water partition coefficient (Wildman–Crippen LogP) is 4.36. The quantitative estimate of drug-likeness (QED) is 0.451. The first-order valence-electron chi connectivity index (χ1n) is 10.0. The molecule has 1 saturated heterocycles. The maximum absolute atomic E-state index is 14.7. The van der Waals surface area contributed by atoms with Gasteiger partial charge in [0.1, 0.15) is 29.5 Å². The molecule has 2 aromatic carbocycles. The summed E-state index contributed by atoms with van der Waals surface area (Å²) < 4.78 is 68.9. The molecule has 2 heterocycles. The molecule has 1 aliphatic rings. The zero-order chi connectivity index (χ0) is 23.8. The van der Waals surface area contributed by atoms with Crippen molar-refractivity contribution in [3.05, 3.63) is 47.8 Å². The molecule has 1 atom stereocenters. The minimum absolute atomic E-state index is 0.0429. The molecule has 1 aromatic heterocycles. The number of rotatable bonds is 5. The van der Waals surface area contributed by atoms with Gasteiger partial charge in [-0.1, -0.05) is 5.92 Å². The molecule has 0 unspecified atom stereocenters. The number of benzene rings is 2. The summed E-state index contributed by atoms with van der Waals surface area (Å²) in [6, 6.07) is 5.19. The fourth-order valence-electron chi connectivity index (χ4n) is 3.73. The van der Waals surface area contributed by atoms with Crippen molar-refractivity contribution in [3.8, 4) is 23.8 Å². The van der Waals surface area contributed by atoms with Crippen LogP contribution in [0.3, 0.4) is 0 Å². The molecule has 3 aromatic rings. The van der Waals surface area contributed by atoms with Crippen LogP contribution in [-0.2, 0) is 0 Å². The number of methoxy groups -OCH3 is 1. The molecule has 0 bridgehead atoms. The van der Waals surface area contributed by atoms with Gasteiger partial charge in [0.05, 0.1) is 35.8 Å². The Morgan fingerprint density at radius 3 is 2.73 bits per heavy atom. The fourth-order valence-corrected chi connectivity index (χ4v) is 3.73. The normalized spacial score (nSPS) is 18.0. The second-order valence-electron chi connectivity index (χ2n) is 7.69. The molecule has 1 fully saturated rings. The van der Waals surface area contributed by atoms with Crippen molar-refractivity contribution in [1.82, 2.24) is 14.9 Å². The molecule has 0 saturated carbocycles. The Kier molecular flexibility index (Phi) is 5.99. The number of fused-ring (bicyclic) bond motifs is 1. The molecule has 0 amide bonds. The van der Waals surface area contributed by atoms with Gasteiger partial charge in [0.2, 0.25) is 0 Å². The van der Waals surface area contributed by atoms with Crippen molar-refractivity contribution in [2.24, 2.45) is 0 Å². The lowest BCUT2D eigenvalue weighted by Gasteiger charge is -2.36. The zero-order valence-electron chi connectivity index (χ0n) is 17.8. The van der Waals surface area contributed by atoms with Gasteiger partial charge < -0.3 is 19.7 Å². The van der Waals surface area contributed by atoms with Gasteiger partial charge >= 0.3 is 0 Å². The van der Waals surface area contributed by atoms with Crippen molar-refractivity contribution >= 4 is 22.4 Å². The Morgan fingerprint density at radius 2 is 2.03 bits per heavy atom. The van der Waals surface area contributed by atoms with Crippen molar-refractivity contribution in [3.63, 3.8) is 0 Å². The SMILES string of the molecule is C#Cc1c(F)ccc(Nc2ncnc3cc(OC)cc(O[C@@H]4CCN(C)CC4(F)F)c23)c1F. The summed E-state index contributed by atoms with van der Waals surface area (Å²) in [5, 5.41) is 2.99. The smallest absolute Gasteiger partial charge is 0.296 e. The van der Waals surface area contributed by atoms with E-state index in [2.05, 4.69) is 15.3 Å². The molecule has 4 rings (SSSR count). The molecule has 0 radical (unpaired) electrons. The number of piperidine rings is 1. The Hall–Kier alpha value is -3.58. The van der Waals surface area contributed by atoms with Crippen molar-refractivity contribution in [2.45, 2.75) is 18.4 Å². The number of nitrogens with one attached hydrogen (secondary N) is 1. The highest BCUT2D eigenvalue weighted by Crippen LogP contribution is 2.39. The first-order chi connectivity index (χ1) is 15.7. The Bertz CT molecular complexity index is 1250. The van der Waals surface area contributed by atoms with E-state index in [0.717, 1.165) is 12.1 Å². The van der Waals surface area contributed by atoms with Crippen LogP contribution in [0.1, 0.15) is 12.0 Å². The third kappa shape index (κ3) is 4.36. The van der Waals surface area contributed by atoms with Gasteiger partial charge in [-0.25, -0.2) is 27.5 Å². The minimum Gasteiger partial charge on any atom is -0.497 e. The third-order valence-corrected chi connectivity index (χ3v) is 5.39. The second kappa shape index (κ2) is 8.75. The van der Waals surface area contributed by atoms with E-state index in [0.29, 0.717) is 17.8 Å². The van der Waals surface area contributed by atoms with E-state index in [1.54, 1.807) is 13.1 Å². The Balaban J connectivity index is 1.80. The van der Waals surface area contributed by atoms with Gasteiger partial charge in [-0.15, -0.1) is 6.42 Å². The summed E-state index contributed by atoms with van der Waals surface area (Å²) >= 11 is 0. The van der Waals surface area contributed by atoms with Gasteiger partial charge in [0, 0.05) is 25.1 Å². The van der Waals surface area contributed by atoms with E-state index in [-0.39, 0.29) is 29.1 Å². The highest BCUT2D eigenvalue weighted by Gasteiger charge is 2.45. The number of halogens is 4. The van der Waals surface area contributed by atoms with Gasteiger partial charge in [-0.3, -0.25) is 0 Å². The summed E-state index contributed by atoms with van der Waals surface area (Å²) in [5.41, 5.74) is -0.365. The topological polar surface area (TPSA) is 59.5 Å². The fraction of sp³-hybridized carbons (Fsp3) is 0.304. The largest absolute Gasteiger partial charge is 0.497 e. The number of likely N-dealkylation sites (tertiary alicyclic amines) is 1. The van der Waals surface area contributed by atoms with Gasteiger partial charge in [0.25, 0.3) is 5.92 Å². The highest BCUT2D eigenvalue weighted by molar-refractivity contribution is 5.96. The maximum Gasteiger partial charge on any atom is 0.296 e. The number of aromatic nitrogens is 2. The predicted molar refractivity (Wildman–Crippen MR) is 115 cm³/mol. The van der Waals surface area contributed by atoms with Crippen LogP contribution in [0.25, 0.3) is 10.9 Å².